The van der Waals surface area contributed by atoms with Gasteiger partial charge >= 0.3 is 0 Å². The average Bonchev–Trinajstić information content (AvgIpc) is 2.89. The zero-order chi connectivity index (χ0) is 12.1. The van der Waals surface area contributed by atoms with Gasteiger partial charge in [-0.2, -0.15) is 0 Å². The van der Waals surface area contributed by atoms with Crippen LogP contribution in [0, 0.1) is 0 Å². The maximum absolute atomic E-state index is 5.56. The van der Waals surface area contributed by atoms with Crippen molar-refractivity contribution in [2.45, 2.75) is 18.9 Å². The average molecular weight is 237 g/mol. The van der Waals surface area contributed by atoms with Crippen molar-refractivity contribution in [1.29, 1.82) is 0 Å². The fourth-order valence-corrected chi connectivity index (χ4v) is 1.95. The first kappa shape index (κ1) is 12.0. The predicted octanol–water partition coefficient (Wildman–Crippen LogP) is 2.29. The van der Waals surface area contributed by atoms with Gasteiger partial charge in [-0.25, -0.2) is 0 Å². The molecule has 1 fully saturated rings. The topological polar surface area (TPSA) is 39.7 Å². The van der Waals surface area contributed by atoms with E-state index in [2.05, 4.69) is 5.32 Å². The maximum Gasteiger partial charge on any atom is 0.124 e. The lowest BCUT2D eigenvalue weighted by molar-refractivity contribution is 0.120. The fraction of sp³-hybridized carbons (Fsp3) is 0.538. The van der Waals surface area contributed by atoms with Crippen LogP contribution < -0.4 is 14.8 Å². The molecule has 1 heterocycles. The van der Waals surface area contributed by atoms with Crippen molar-refractivity contribution in [2.24, 2.45) is 0 Å². The van der Waals surface area contributed by atoms with Crippen LogP contribution in [0.1, 0.15) is 12.8 Å². The Morgan fingerprint density at radius 2 is 1.94 bits per heavy atom. The number of nitrogens with one attached hydrogen (secondary N) is 1. The van der Waals surface area contributed by atoms with Gasteiger partial charge in [0, 0.05) is 37.0 Å². The second-order valence-electron chi connectivity index (χ2n) is 4.12. The van der Waals surface area contributed by atoms with E-state index >= 15 is 0 Å². The molecule has 4 nitrogen and oxygen atoms in total. The first-order valence-corrected chi connectivity index (χ1v) is 5.90. The molecule has 0 amide bonds. The van der Waals surface area contributed by atoms with E-state index in [4.69, 9.17) is 14.2 Å². The Balaban J connectivity index is 1.98. The minimum absolute atomic E-state index is 0.326. The monoisotopic (exact) mass is 237 g/mol. The molecule has 94 valence electrons. The summed E-state index contributed by atoms with van der Waals surface area (Å²) >= 11 is 0. The summed E-state index contributed by atoms with van der Waals surface area (Å²) in [7, 11) is 3.30. The predicted molar refractivity (Wildman–Crippen MR) is 67.0 cm³/mol. The van der Waals surface area contributed by atoms with Crippen LogP contribution in [-0.2, 0) is 4.74 Å². The minimum Gasteiger partial charge on any atom is -0.497 e. The van der Waals surface area contributed by atoms with Gasteiger partial charge in [-0.05, 0) is 12.8 Å². The van der Waals surface area contributed by atoms with Crippen molar-refractivity contribution in [2.75, 3.05) is 32.7 Å². The Morgan fingerprint density at radius 3 is 2.47 bits per heavy atom. The summed E-state index contributed by atoms with van der Waals surface area (Å²) < 4.78 is 16.0. The summed E-state index contributed by atoms with van der Waals surface area (Å²) in [6.45, 7) is 1.71. The van der Waals surface area contributed by atoms with Crippen LogP contribution in [0.3, 0.4) is 0 Å². The standard InChI is InChI=1S/C13H19NO3/c1-15-12-6-10(7-13(8-12)16-2)14-9-11-4-3-5-17-11/h6-8,11,14H,3-5,9H2,1-2H3. The Hall–Kier alpha value is -1.42. The van der Waals surface area contributed by atoms with Gasteiger partial charge < -0.3 is 19.5 Å². The number of benzene rings is 1. The third kappa shape index (κ3) is 3.27. The van der Waals surface area contributed by atoms with Crippen LogP contribution in [0.5, 0.6) is 11.5 Å². The van der Waals surface area contributed by atoms with Crippen molar-refractivity contribution < 1.29 is 14.2 Å². The summed E-state index contributed by atoms with van der Waals surface area (Å²) in [5.74, 6) is 1.58. The smallest absolute Gasteiger partial charge is 0.124 e. The first-order chi connectivity index (χ1) is 8.31. The number of methoxy groups -OCH3 is 2. The fourth-order valence-electron chi connectivity index (χ4n) is 1.95. The summed E-state index contributed by atoms with van der Waals surface area (Å²) in [5.41, 5.74) is 0.997. The highest BCUT2D eigenvalue weighted by Crippen LogP contribution is 2.26. The highest BCUT2D eigenvalue weighted by molar-refractivity contribution is 5.53. The molecule has 1 aromatic rings. The quantitative estimate of drug-likeness (QED) is 0.853. The van der Waals surface area contributed by atoms with E-state index in [9.17, 15) is 0 Å². The molecule has 0 spiro atoms. The number of hydrogen-bond donors (Lipinski definition) is 1. The van der Waals surface area contributed by atoms with E-state index in [1.165, 1.54) is 0 Å². The summed E-state index contributed by atoms with van der Waals surface area (Å²) in [6, 6.07) is 5.77. The molecule has 0 aromatic heterocycles. The number of rotatable bonds is 5. The molecule has 0 bridgehead atoms. The third-order valence-corrected chi connectivity index (χ3v) is 2.91. The van der Waals surface area contributed by atoms with Gasteiger partial charge in [-0.1, -0.05) is 0 Å². The largest absolute Gasteiger partial charge is 0.497 e. The zero-order valence-electron chi connectivity index (χ0n) is 10.4. The lowest BCUT2D eigenvalue weighted by atomic mass is 10.2. The van der Waals surface area contributed by atoms with Gasteiger partial charge in [-0.3, -0.25) is 0 Å². The van der Waals surface area contributed by atoms with Crippen molar-refractivity contribution >= 4 is 5.69 Å². The molecular formula is C13H19NO3. The van der Waals surface area contributed by atoms with Crippen molar-refractivity contribution in [3.63, 3.8) is 0 Å². The van der Waals surface area contributed by atoms with Gasteiger partial charge in [0.15, 0.2) is 0 Å². The summed E-state index contributed by atoms with van der Waals surface area (Å²) in [5, 5.41) is 3.35. The lowest BCUT2D eigenvalue weighted by Gasteiger charge is -2.13. The second-order valence-corrected chi connectivity index (χ2v) is 4.12. The van der Waals surface area contributed by atoms with E-state index in [0.717, 1.165) is 43.2 Å². The highest BCUT2D eigenvalue weighted by Gasteiger charge is 2.15. The Bertz CT molecular complexity index is 339. The van der Waals surface area contributed by atoms with Crippen molar-refractivity contribution in [1.82, 2.24) is 0 Å². The van der Waals surface area contributed by atoms with E-state index in [0.29, 0.717) is 6.10 Å². The molecule has 1 aromatic carbocycles. The van der Waals surface area contributed by atoms with E-state index in [-0.39, 0.29) is 0 Å². The molecule has 0 saturated carbocycles. The first-order valence-electron chi connectivity index (χ1n) is 5.90. The van der Waals surface area contributed by atoms with Gasteiger partial charge in [-0.15, -0.1) is 0 Å². The maximum atomic E-state index is 5.56. The van der Waals surface area contributed by atoms with Crippen molar-refractivity contribution in [3.05, 3.63) is 18.2 Å². The van der Waals surface area contributed by atoms with Crippen LogP contribution in [0.4, 0.5) is 5.69 Å². The molecular weight excluding hydrogens is 218 g/mol. The van der Waals surface area contributed by atoms with Crippen LogP contribution in [-0.4, -0.2) is 33.5 Å². The molecule has 4 heteroatoms. The highest BCUT2D eigenvalue weighted by atomic mass is 16.5. The van der Waals surface area contributed by atoms with Gasteiger partial charge in [0.05, 0.1) is 20.3 Å². The number of anilines is 1. The van der Waals surface area contributed by atoms with E-state index in [1.807, 2.05) is 18.2 Å². The summed E-state index contributed by atoms with van der Waals surface area (Å²) in [4.78, 5) is 0. The molecule has 1 aliphatic heterocycles. The molecule has 1 N–H and O–H groups in total. The Kier molecular flexibility index (Phi) is 4.09. The molecule has 1 atom stereocenters. The molecule has 1 saturated heterocycles. The third-order valence-electron chi connectivity index (χ3n) is 2.91. The SMILES string of the molecule is COc1cc(NCC2CCCO2)cc(OC)c1. The van der Waals surface area contributed by atoms with Crippen molar-refractivity contribution in [3.8, 4) is 11.5 Å². The molecule has 17 heavy (non-hydrogen) atoms. The zero-order valence-corrected chi connectivity index (χ0v) is 10.4. The van der Waals surface area contributed by atoms with Gasteiger partial charge in [0.1, 0.15) is 11.5 Å². The molecule has 1 unspecified atom stereocenters. The normalized spacial score (nSPS) is 19.1. The molecule has 1 aliphatic rings. The van der Waals surface area contributed by atoms with Crippen LogP contribution in [0.2, 0.25) is 0 Å². The Labute approximate surface area is 102 Å². The molecule has 2 rings (SSSR count). The lowest BCUT2D eigenvalue weighted by Crippen LogP contribution is -2.18. The van der Waals surface area contributed by atoms with E-state index < -0.39 is 0 Å². The Morgan fingerprint density at radius 1 is 1.24 bits per heavy atom. The second kappa shape index (κ2) is 5.77. The summed E-state index contributed by atoms with van der Waals surface area (Å²) in [6.07, 6.45) is 2.62. The van der Waals surface area contributed by atoms with Crippen LogP contribution in [0.25, 0.3) is 0 Å². The van der Waals surface area contributed by atoms with Gasteiger partial charge in [0.25, 0.3) is 0 Å². The van der Waals surface area contributed by atoms with Crippen LogP contribution >= 0.6 is 0 Å². The minimum atomic E-state index is 0.326. The van der Waals surface area contributed by atoms with Crippen LogP contribution in [0.15, 0.2) is 18.2 Å². The van der Waals surface area contributed by atoms with Gasteiger partial charge in [0.2, 0.25) is 0 Å². The number of ether oxygens (including phenoxy) is 3. The molecule has 0 radical (unpaired) electrons. The number of hydrogen-bond acceptors (Lipinski definition) is 4. The van der Waals surface area contributed by atoms with E-state index in [1.54, 1.807) is 14.2 Å². The molecule has 0 aliphatic carbocycles.